The monoisotopic (exact) mass is 139 g/mol. The summed E-state index contributed by atoms with van der Waals surface area (Å²) in [5.74, 6) is 0. The van der Waals surface area contributed by atoms with Crippen molar-refractivity contribution in [1.82, 2.24) is 0 Å². The van der Waals surface area contributed by atoms with Gasteiger partial charge in [-0.25, -0.2) is 0 Å². The topological polar surface area (TPSA) is 33.0 Å². The molecule has 0 unspecified atom stereocenters. The van der Waals surface area contributed by atoms with Gasteiger partial charge in [0.1, 0.15) is 0 Å². The van der Waals surface area contributed by atoms with Crippen molar-refractivity contribution < 1.29 is 4.74 Å². The maximum absolute atomic E-state index is 8.84. The zero-order valence-corrected chi connectivity index (χ0v) is 6.39. The Hall–Kier alpha value is -0.550. The summed E-state index contributed by atoms with van der Waals surface area (Å²) in [6, 6.07) is 2.39. The molecular weight excluding hydrogens is 126 g/mol. The van der Waals surface area contributed by atoms with Crippen LogP contribution in [0.2, 0.25) is 0 Å². The van der Waals surface area contributed by atoms with E-state index in [0.717, 1.165) is 32.5 Å². The molecule has 0 aromatic heterocycles. The van der Waals surface area contributed by atoms with Crippen LogP contribution < -0.4 is 0 Å². The van der Waals surface area contributed by atoms with Gasteiger partial charge in [0.25, 0.3) is 0 Å². The number of hydrogen-bond acceptors (Lipinski definition) is 2. The SMILES string of the molecule is CCC1(C#N)CCOCC1. The second-order valence-electron chi connectivity index (χ2n) is 2.86. The van der Waals surface area contributed by atoms with Gasteiger partial charge in [-0.1, -0.05) is 6.92 Å². The molecule has 1 aliphatic rings. The highest BCUT2D eigenvalue weighted by atomic mass is 16.5. The normalized spacial score (nSPS) is 23.6. The van der Waals surface area contributed by atoms with Crippen molar-refractivity contribution in [2.24, 2.45) is 5.41 Å². The highest BCUT2D eigenvalue weighted by Crippen LogP contribution is 2.32. The zero-order valence-electron chi connectivity index (χ0n) is 6.39. The van der Waals surface area contributed by atoms with Gasteiger partial charge in [-0.05, 0) is 19.3 Å². The largest absolute Gasteiger partial charge is 0.381 e. The van der Waals surface area contributed by atoms with Gasteiger partial charge in [0.05, 0.1) is 11.5 Å². The third-order valence-corrected chi connectivity index (χ3v) is 2.36. The molecule has 0 amide bonds. The molecule has 0 bridgehead atoms. The molecule has 0 aromatic carbocycles. The van der Waals surface area contributed by atoms with Gasteiger partial charge in [0.2, 0.25) is 0 Å². The number of rotatable bonds is 1. The highest BCUT2D eigenvalue weighted by Gasteiger charge is 2.30. The van der Waals surface area contributed by atoms with E-state index in [4.69, 9.17) is 10.00 Å². The van der Waals surface area contributed by atoms with Crippen molar-refractivity contribution in [3.8, 4) is 6.07 Å². The first kappa shape index (κ1) is 7.56. The summed E-state index contributed by atoms with van der Waals surface area (Å²) >= 11 is 0. The predicted octanol–water partition coefficient (Wildman–Crippen LogP) is 1.72. The van der Waals surface area contributed by atoms with Crippen LogP contribution in [0.25, 0.3) is 0 Å². The van der Waals surface area contributed by atoms with Gasteiger partial charge in [-0.2, -0.15) is 5.26 Å². The Morgan fingerprint density at radius 3 is 2.40 bits per heavy atom. The van der Waals surface area contributed by atoms with E-state index < -0.39 is 0 Å². The number of hydrogen-bond donors (Lipinski definition) is 0. The zero-order chi connectivity index (χ0) is 7.45. The molecule has 0 spiro atoms. The van der Waals surface area contributed by atoms with Crippen LogP contribution in [0, 0.1) is 16.7 Å². The molecule has 0 aliphatic carbocycles. The molecule has 10 heavy (non-hydrogen) atoms. The molecule has 2 nitrogen and oxygen atoms in total. The molecule has 0 radical (unpaired) electrons. The van der Waals surface area contributed by atoms with Crippen molar-refractivity contribution in [2.45, 2.75) is 26.2 Å². The van der Waals surface area contributed by atoms with Crippen molar-refractivity contribution in [2.75, 3.05) is 13.2 Å². The maximum Gasteiger partial charge on any atom is 0.0691 e. The van der Waals surface area contributed by atoms with E-state index in [1.807, 2.05) is 0 Å². The smallest absolute Gasteiger partial charge is 0.0691 e. The van der Waals surface area contributed by atoms with Crippen LogP contribution in [0.5, 0.6) is 0 Å². The molecule has 1 rings (SSSR count). The molecule has 0 saturated carbocycles. The summed E-state index contributed by atoms with van der Waals surface area (Å²) in [6.07, 6.45) is 2.80. The van der Waals surface area contributed by atoms with E-state index in [0.29, 0.717) is 0 Å². The molecule has 1 fully saturated rings. The Balaban J connectivity index is 2.55. The molecule has 1 saturated heterocycles. The lowest BCUT2D eigenvalue weighted by Gasteiger charge is -2.28. The average Bonchev–Trinajstić information content (AvgIpc) is 2.06. The minimum Gasteiger partial charge on any atom is -0.381 e. The Morgan fingerprint density at radius 2 is 2.10 bits per heavy atom. The number of nitrogens with zero attached hydrogens (tertiary/aromatic N) is 1. The van der Waals surface area contributed by atoms with Crippen LogP contribution in [-0.2, 0) is 4.74 Å². The second-order valence-corrected chi connectivity index (χ2v) is 2.86. The minimum atomic E-state index is -0.0573. The first-order valence-electron chi connectivity index (χ1n) is 3.82. The van der Waals surface area contributed by atoms with E-state index in [1.54, 1.807) is 0 Å². The van der Waals surface area contributed by atoms with Crippen LogP contribution in [0.4, 0.5) is 0 Å². The number of nitriles is 1. The molecule has 1 aliphatic heterocycles. The third kappa shape index (κ3) is 1.30. The van der Waals surface area contributed by atoms with E-state index in [-0.39, 0.29) is 5.41 Å². The summed E-state index contributed by atoms with van der Waals surface area (Å²) in [5, 5.41) is 8.84. The quantitative estimate of drug-likeness (QED) is 0.554. The Morgan fingerprint density at radius 1 is 1.50 bits per heavy atom. The van der Waals surface area contributed by atoms with Gasteiger partial charge in [-0.3, -0.25) is 0 Å². The lowest BCUT2D eigenvalue weighted by Crippen LogP contribution is -2.27. The van der Waals surface area contributed by atoms with E-state index in [2.05, 4.69) is 13.0 Å². The van der Waals surface area contributed by atoms with Gasteiger partial charge in [0.15, 0.2) is 0 Å². The van der Waals surface area contributed by atoms with Crippen molar-refractivity contribution in [3.63, 3.8) is 0 Å². The number of ether oxygens (including phenoxy) is 1. The first-order chi connectivity index (χ1) is 4.83. The van der Waals surface area contributed by atoms with Gasteiger partial charge in [0, 0.05) is 13.2 Å². The van der Waals surface area contributed by atoms with Crippen LogP contribution in [-0.4, -0.2) is 13.2 Å². The maximum atomic E-state index is 8.84. The fourth-order valence-electron chi connectivity index (χ4n) is 1.31. The summed E-state index contributed by atoms with van der Waals surface area (Å²) in [6.45, 7) is 3.61. The minimum absolute atomic E-state index is 0.0573. The van der Waals surface area contributed by atoms with Gasteiger partial charge >= 0.3 is 0 Å². The van der Waals surface area contributed by atoms with Crippen molar-refractivity contribution >= 4 is 0 Å². The van der Waals surface area contributed by atoms with Crippen LogP contribution in [0.1, 0.15) is 26.2 Å². The lowest BCUT2D eigenvalue weighted by atomic mass is 9.79. The fraction of sp³-hybridized carbons (Fsp3) is 0.875. The Labute approximate surface area is 61.8 Å². The summed E-state index contributed by atoms with van der Waals surface area (Å²) < 4.78 is 5.18. The molecular formula is C8H13NO. The molecule has 0 N–H and O–H groups in total. The third-order valence-electron chi connectivity index (χ3n) is 2.36. The lowest BCUT2D eigenvalue weighted by molar-refractivity contribution is 0.0390. The second kappa shape index (κ2) is 3.03. The fourth-order valence-corrected chi connectivity index (χ4v) is 1.31. The molecule has 1 heterocycles. The van der Waals surface area contributed by atoms with Gasteiger partial charge < -0.3 is 4.74 Å². The molecule has 0 atom stereocenters. The highest BCUT2D eigenvalue weighted by molar-refractivity contribution is 4.98. The molecule has 0 aromatic rings. The van der Waals surface area contributed by atoms with Gasteiger partial charge in [-0.15, -0.1) is 0 Å². The van der Waals surface area contributed by atoms with Crippen LogP contribution in [0.15, 0.2) is 0 Å². The molecule has 2 heteroatoms. The summed E-state index contributed by atoms with van der Waals surface area (Å²) in [4.78, 5) is 0. The van der Waals surface area contributed by atoms with Crippen molar-refractivity contribution in [3.05, 3.63) is 0 Å². The average molecular weight is 139 g/mol. The Kier molecular flexibility index (Phi) is 2.29. The predicted molar refractivity (Wildman–Crippen MR) is 38.4 cm³/mol. The van der Waals surface area contributed by atoms with E-state index in [1.165, 1.54) is 0 Å². The molecule has 56 valence electrons. The van der Waals surface area contributed by atoms with E-state index in [9.17, 15) is 0 Å². The van der Waals surface area contributed by atoms with Crippen molar-refractivity contribution in [1.29, 1.82) is 5.26 Å². The summed E-state index contributed by atoms with van der Waals surface area (Å²) in [7, 11) is 0. The first-order valence-corrected chi connectivity index (χ1v) is 3.82. The standard InChI is InChI=1S/C8H13NO/c1-2-8(7-9)3-5-10-6-4-8/h2-6H2,1H3. The Bertz CT molecular complexity index is 142. The van der Waals surface area contributed by atoms with Crippen LogP contribution in [0.3, 0.4) is 0 Å². The summed E-state index contributed by atoms with van der Waals surface area (Å²) in [5.41, 5.74) is -0.0573. The van der Waals surface area contributed by atoms with E-state index >= 15 is 0 Å². The van der Waals surface area contributed by atoms with Crippen LogP contribution >= 0.6 is 0 Å².